The molecular formula is C17H20BrNS. The Bertz CT molecular complexity index is 555. The zero-order valence-corrected chi connectivity index (χ0v) is 13.9. The number of thiophene rings is 1. The molecule has 1 nitrogen and oxygen atoms in total. The van der Waals surface area contributed by atoms with Gasteiger partial charge in [-0.25, -0.2) is 0 Å². The van der Waals surface area contributed by atoms with Crippen LogP contribution in [0.3, 0.4) is 0 Å². The number of benzene rings is 1. The first-order valence-corrected chi connectivity index (χ1v) is 8.89. The first-order valence-electron chi connectivity index (χ1n) is 7.21. The summed E-state index contributed by atoms with van der Waals surface area (Å²) >= 11 is 5.34. The maximum Gasteiger partial charge on any atom is 0.0285 e. The molecule has 1 heterocycles. The van der Waals surface area contributed by atoms with E-state index in [4.69, 9.17) is 5.73 Å². The summed E-state index contributed by atoms with van der Waals surface area (Å²) in [5, 5.41) is 2.15. The van der Waals surface area contributed by atoms with Crippen LogP contribution in [0.15, 0.2) is 46.3 Å². The van der Waals surface area contributed by atoms with E-state index < -0.39 is 0 Å². The fraction of sp³-hybridized carbons (Fsp3) is 0.412. The monoisotopic (exact) mass is 349 g/mol. The quantitative estimate of drug-likeness (QED) is 0.818. The highest BCUT2D eigenvalue weighted by Crippen LogP contribution is 2.39. The Balaban J connectivity index is 1.62. The van der Waals surface area contributed by atoms with Gasteiger partial charge in [-0.3, -0.25) is 0 Å². The predicted octanol–water partition coefficient (Wildman–Crippen LogP) is 5.11. The van der Waals surface area contributed by atoms with Gasteiger partial charge in [-0.2, -0.15) is 0 Å². The third-order valence-corrected chi connectivity index (χ3v) is 6.10. The molecule has 0 bridgehead atoms. The summed E-state index contributed by atoms with van der Waals surface area (Å²) < 4.78 is 1.18. The average molecular weight is 350 g/mol. The highest BCUT2D eigenvalue weighted by atomic mass is 79.9. The minimum absolute atomic E-state index is 0.00439. The summed E-state index contributed by atoms with van der Waals surface area (Å²) in [6, 6.07) is 13.1. The molecule has 0 radical (unpaired) electrons. The van der Waals surface area contributed by atoms with Crippen molar-refractivity contribution in [2.75, 3.05) is 0 Å². The molecule has 1 fully saturated rings. The molecule has 20 heavy (non-hydrogen) atoms. The largest absolute Gasteiger partial charge is 0.325 e. The molecule has 0 aliphatic heterocycles. The molecule has 2 aromatic rings. The van der Waals surface area contributed by atoms with Crippen LogP contribution in [-0.2, 0) is 6.42 Å². The lowest BCUT2D eigenvalue weighted by molar-refractivity contribution is 0.272. The second kappa shape index (κ2) is 6.00. The average Bonchev–Trinajstić information content (AvgIpc) is 2.85. The molecule has 0 amide bonds. The fourth-order valence-electron chi connectivity index (χ4n) is 3.22. The lowest BCUT2D eigenvalue weighted by Gasteiger charge is -2.37. The van der Waals surface area contributed by atoms with Crippen molar-refractivity contribution in [2.24, 2.45) is 5.73 Å². The standard InChI is InChI=1S/C17H20BrNS/c18-15-10-16(20-12-15)11-17(19)8-6-14(7-9-17)13-4-2-1-3-5-13/h1-5,10,12,14H,6-9,11,19H2. The number of halogens is 1. The molecule has 1 aliphatic carbocycles. The van der Waals surface area contributed by atoms with E-state index in [0.29, 0.717) is 5.92 Å². The first kappa shape index (κ1) is 14.3. The van der Waals surface area contributed by atoms with Crippen molar-refractivity contribution in [3.8, 4) is 0 Å². The zero-order chi connectivity index (χ0) is 14.0. The number of hydrogen-bond acceptors (Lipinski definition) is 2. The Morgan fingerprint density at radius 3 is 2.50 bits per heavy atom. The van der Waals surface area contributed by atoms with Crippen LogP contribution in [0.4, 0.5) is 0 Å². The van der Waals surface area contributed by atoms with Gasteiger partial charge >= 0.3 is 0 Å². The first-order chi connectivity index (χ1) is 9.65. The van der Waals surface area contributed by atoms with Crippen LogP contribution in [0.1, 0.15) is 42.0 Å². The minimum Gasteiger partial charge on any atom is -0.325 e. The Morgan fingerprint density at radius 2 is 1.90 bits per heavy atom. The molecule has 3 heteroatoms. The predicted molar refractivity (Wildman–Crippen MR) is 90.3 cm³/mol. The van der Waals surface area contributed by atoms with Crippen molar-refractivity contribution < 1.29 is 0 Å². The van der Waals surface area contributed by atoms with Crippen LogP contribution in [0.2, 0.25) is 0 Å². The van der Waals surface area contributed by atoms with Crippen LogP contribution in [0, 0.1) is 0 Å². The maximum atomic E-state index is 6.63. The van der Waals surface area contributed by atoms with Crippen molar-refractivity contribution in [1.82, 2.24) is 0 Å². The SMILES string of the molecule is NC1(Cc2cc(Br)cs2)CCC(c2ccccc2)CC1. The van der Waals surface area contributed by atoms with Gasteiger partial charge in [-0.1, -0.05) is 30.3 Å². The smallest absolute Gasteiger partial charge is 0.0285 e. The molecule has 1 aromatic carbocycles. The minimum atomic E-state index is -0.00439. The second-order valence-electron chi connectivity index (χ2n) is 5.96. The lowest BCUT2D eigenvalue weighted by Crippen LogP contribution is -2.44. The van der Waals surface area contributed by atoms with Gasteiger partial charge in [-0.05, 0) is 65.6 Å². The van der Waals surface area contributed by atoms with E-state index in [1.54, 1.807) is 0 Å². The van der Waals surface area contributed by atoms with Crippen molar-refractivity contribution in [2.45, 2.75) is 43.6 Å². The molecule has 1 aromatic heterocycles. The topological polar surface area (TPSA) is 26.0 Å². The van der Waals surface area contributed by atoms with Gasteiger partial charge in [-0.15, -0.1) is 11.3 Å². The highest BCUT2D eigenvalue weighted by Gasteiger charge is 2.32. The van der Waals surface area contributed by atoms with Crippen molar-refractivity contribution in [3.05, 3.63) is 56.7 Å². The molecule has 1 aliphatic rings. The van der Waals surface area contributed by atoms with Gasteiger partial charge in [0, 0.05) is 20.3 Å². The van der Waals surface area contributed by atoms with E-state index in [-0.39, 0.29) is 5.54 Å². The van der Waals surface area contributed by atoms with Gasteiger partial charge in [0.05, 0.1) is 0 Å². The Morgan fingerprint density at radius 1 is 1.20 bits per heavy atom. The summed E-state index contributed by atoms with van der Waals surface area (Å²) in [4.78, 5) is 1.40. The van der Waals surface area contributed by atoms with E-state index in [1.807, 2.05) is 11.3 Å². The third kappa shape index (κ3) is 3.33. The van der Waals surface area contributed by atoms with E-state index in [2.05, 4.69) is 57.7 Å². The van der Waals surface area contributed by atoms with Gasteiger partial charge in [0.25, 0.3) is 0 Å². The Hall–Kier alpha value is -0.640. The third-order valence-electron chi connectivity index (χ3n) is 4.40. The zero-order valence-electron chi connectivity index (χ0n) is 11.5. The Labute approximate surface area is 133 Å². The van der Waals surface area contributed by atoms with Gasteiger partial charge < -0.3 is 5.73 Å². The Kier molecular flexibility index (Phi) is 4.29. The van der Waals surface area contributed by atoms with E-state index >= 15 is 0 Å². The van der Waals surface area contributed by atoms with Crippen LogP contribution < -0.4 is 5.73 Å². The molecule has 2 N–H and O–H groups in total. The van der Waals surface area contributed by atoms with Crippen LogP contribution in [0.25, 0.3) is 0 Å². The van der Waals surface area contributed by atoms with Gasteiger partial charge in [0.1, 0.15) is 0 Å². The van der Waals surface area contributed by atoms with Crippen LogP contribution >= 0.6 is 27.3 Å². The van der Waals surface area contributed by atoms with Crippen molar-refractivity contribution in [1.29, 1.82) is 0 Å². The molecule has 3 rings (SSSR count). The number of hydrogen-bond donors (Lipinski definition) is 1. The van der Waals surface area contributed by atoms with Crippen molar-refractivity contribution in [3.63, 3.8) is 0 Å². The van der Waals surface area contributed by atoms with E-state index in [9.17, 15) is 0 Å². The van der Waals surface area contributed by atoms with Gasteiger partial charge in [0.2, 0.25) is 0 Å². The highest BCUT2D eigenvalue weighted by molar-refractivity contribution is 9.10. The second-order valence-corrected chi connectivity index (χ2v) is 7.87. The molecule has 1 saturated carbocycles. The maximum absolute atomic E-state index is 6.63. The van der Waals surface area contributed by atoms with Crippen molar-refractivity contribution >= 4 is 27.3 Å². The molecule has 106 valence electrons. The molecular weight excluding hydrogens is 330 g/mol. The molecule has 0 atom stereocenters. The molecule has 0 saturated heterocycles. The number of nitrogens with two attached hydrogens (primary N) is 1. The number of rotatable bonds is 3. The summed E-state index contributed by atoms with van der Waals surface area (Å²) in [5.74, 6) is 0.697. The summed E-state index contributed by atoms with van der Waals surface area (Å²) in [6.45, 7) is 0. The molecule has 0 unspecified atom stereocenters. The summed E-state index contributed by atoms with van der Waals surface area (Å²) in [5.41, 5.74) is 8.11. The molecule has 0 spiro atoms. The van der Waals surface area contributed by atoms with E-state index in [1.165, 1.54) is 27.8 Å². The lowest BCUT2D eigenvalue weighted by atomic mass is 9.73. The summed E-state index contributed by atoms with van der Waals surface area (Å²) in [6.07, 6.45) is 5.70. The fourth-order valence-corrected chi connectivity index (χ4v) is 4.83. The van der Waals surface area contributed by atoms with Crippen LogP contribution in [-0.4, -0.2) is 5.54 Å². The summed E-state index contributed by atoms with van der Waals surface area (Å²) in [7, 11) is 0. The van der Waals surface area contributed by atoms with Crippen LogP contribution in [0.5, 0.6) is 0 Å². The van der Waals surface area contributed by atoms with Gasteiger partial charge in [0.15, 0.2) is 0 Å². The normalized spacial score (nSPS) is 26.6. The van der Waals surface area contributed by atoms with E-state index in [0.717, 1.165) is 19.3 Å².